The molecule has 1 saturated heterocycles. The standard InChI is InChI=1S/C20H26N6O2/c21-15(9-13-5-2-1-3-6-13)20(28)26-8-4-7-16(26)19(27)24-12-14-10-17(22)25-18(23)11-14/h1-3,5-6,10-11,15-16H,4,7-9,12,21H2,(H,24,27)(H4,22,23,25)/t15-,16+/m1/s1. The molecular weight excluding hydrogens is 356 g/mol. The number of rotatable bonds is 6. The maximum absolute atomic E-state index is 12.8. The molecule has 3 rings (SSSR count). The first-order valence-corrected chi connectivity index (χ1v) is 9.33. The number of nitrogens with one attached hydrogen (secondary N) is 1. The van der Waals surface area contributed by atoms with Crippen LogP contribution in [0, 0.1) is 0 Å². The van der Waals surface area contributed by atoms with Gasteiger partial charge < -0.3 is 27.4 Å². The van der Waals surface area contributed by atoms with Gasteiger partial charge in [-0.15, -0.1) is 0 Å². The second kappa shape index (κ2) is 8.71. The number of hydrogen-bond donors (Lipinski definition) is 4. The second-order valence-electron chi connectivity index (χ2n) is 7.03. The summed E-state index contributed by atoms with van der Waals surface area (Å²) in [5, 5.41) is 2.86. The Kier molecular flexibility index (Phi) is 6.10. The minimum absolute atomic E-state index is 0.195. The quantitative estimate of drug-likeness (QED) is 0.571. The summed E-state index contributed by atoms with van der Waals surface area (Å²) in [5.74, 6) is 0.202. The van der Waals surface area contributed by atoms with Crippen LogP contribution in [0.3, 0.4) is 0 Å². The fraction of sp³-hybridized carbons (Fsp3) is 0.350. The molecule has 2 amide bonds. The summed E-state index contributed by atoms with van der Waals surface area (Å²) in [6, 6.07) is 11.8. The van der Waals surface area contributed by atoms with Crippen molar-refractivity contribution in [3.8, 4) is 0 Å². The lowest BCUT2D eigenvalue weighted by Gasteiger charge is -2.26. The van der Waals surface area contributed by atoms with E-state index in [1.807, 2.05) is 30.3 Å². The first kappa shape index (κ1) is 19.6. The third-order valence-corrected chi connectivity index (χ3v) is 4.85. The number of pyridine rings is 1. The van der Waals surface area contributed by atoms with Gasteiger partial charge in [-0.1, -0.05) is 30.3 Å². The predicted molar refractivity (Wildman–Crippen MR) is 108 cm³/mol. The first-order valence-electron chi connectivity index (χ1n) is 9.33. The Morgan fingerprint density at radius 3 is 2.50 bits per heavy atom. The molecule has 1 aliphatic heterocycles. The van der Waals surface area contributed by atoms with E-state index in [9.17, 15) is 9.59 Å². The lowest BCUT2D eigenvalue weighted by atomic mass is 10.1. The first-order chi connectivity index (χ1) is 13.4. The largest absolute Gasteiger partial charge is 0.384 e. The van der Waals surface area contributed by atoms with Gasteiger partial charge >= 0.3 is 0 Å². The molecule has 0 bridgehead atoms. The highest BCUT2D eigenvalue weighted by Gasteiger charge is 2.35. The fourth-order valence-corrected chi connectivity index (χ4v) is 3.52. The van der Waals surface area contributed by atoms with Crippen molar-refractivity contribution in [2.75, 3.05) is 18.0 Å². The Morgan fingerprint density at radius 2 is 1.82 bits per heavy atom. The third-order valence-electron chi connectivity index (χ3n) is 4.85. The summed E-state index contributed by atoms with van der Waals surface area (Å²) in [6.07, 6.45) is 1.84. The van der Waals surface area contributed by atoms with Gasteiger partial charge in [-0.25, -0.2) is 4.98 Å². The van der Waals surface area contributed by atoms with Crippen molar-refractivity contribution in [1.29, 1.82) is 0 Å². The molecule has 8 heteroatoms. The number of anilines is 2. The van der Waals surface area contributed by atoms with Gasteiger partial charge in [0.05, 0.1) is 6.04 Å². The van der Waals surface area contributed by atoms with Gasteiger partial charge in [-0.05, 0) is 42.5 Å². The number of nitrogen functional groups attached to an aromatic ring is 2. The topological polar surface area (TPSA) is 140 Å². The number of benzene rings is 1. The number of amides is 2. The summed E-state index contributed by atoms with van der Waals surface area (Å²) in [5.41, 5.74) is 19.2. The highest BCUT2D eigenvalue weighted by Crippen LogP contribution is 2.19. The number of hydrogen-bond acceptors (Lipinski definition) is 6. The van der Waals surface area contributed by atoms with Crippen molar-refractivity contribution in [2.45, 2.75) is 37.9 Å². The van der Waals surface area contributed by atoms with E-state index in [1.165, 1.54) is 0 Å². The maximum atomic E-state index is 12.8. The molecule has 2 aromatic rings. The van der Waals surface area contributed by atoms with Crippen molar-refractivity contribution in [2.24, 2.45) is 5.73 Å². The molecule has 1 fully saturated rings. The SMILES string of the molecule is Nc1cc(CNC(=O)[C@@H]2CCCN2C(=O)[C@H](N)Cc2ccccc2)cc(N)n1. The second-order valence-corrected chi connectivity index (χ2v) is 7.03. The Balaban J connectivity index is 1.59. The van der Waals surface area contributed by atoms with Crippen LogP contribution in [0.1, 0.15) is 24.0 Å². The minimum atomic E-state index is -0.671. The van der Waals surface area contributed by atoms with Crippen LogP contribution in [-0.2, 0) is 22.6 Å². The molecule has 0 unspecified atom stereocenters. The van der Waals surface area contributed by atoms with Crippen molar-refractivity contribution in [3.63, 3.8) is 0 Å². The van der Waals surface area contributed by atoms with E-state index in [1.54, 1.807) is 17.0 Å². The van der Waals surface area contributed by atoms with Crippen LogP contribution in [0.15, 0.2) is 42.5 Å². The van der Waals surface area contributed by atoms with E-state index in [0.29, 0.717) is 31.0 Å². The number of aromatic nitrogens is 1. The summed E-state index contributed by atoms with van der Waals surface area (Å²) in [6.45, 7) is 0.804. The monoisotopic (exact) mass is 382 g/mol. The van der Waals surface area contributed by atoms with Crippen LogP contribution < -0.4 is 22.5 Å². The summed E-state index contributed by atoms with van der Waals surface area (Å²) in [7, 11) is 0. The van der Waals surface area contributed by atoms with Gasteiger partial charge in [0.1, 0.15) is 17.7 Å². The van der Waals surface area contributed by atoms with Crippen LogP contribution in [0.4, 0.5) is 11.6 Å². The van der Waals surface area contributed by atoms with Crippen LogP contribution in [-0.4, -0.2) is 40.3 Å². The zero-order valence-electron chi connectivity index (χ0n) is 15.7. The number of carbonyl (C=O) groups excluding carboxylic acids is 2. The van der Waals surface area contributed by atoms with E-state index >= 15 is 0 Å². The minimum Gasteiger partial charge on any atom is -0.384 e. The Morgan fingerprint density at radius 1 is 1.14 bits per heavy atom. The smallest absolute Gasteiger partial charge is 0.243 e. The summed E-state index contributed by atoms with van der Waals surface area (Å²) in [4.78, 5) is 31.0. The molecule has 0 radical (unpaired) electrons. The van der Waals surface area contributed by atoms with E-state index < -0.39 is 12.1 Å². The van der Waals surface area contributed by atoms with E-state index in [2.05, 4.69) is 10.3 Å². The molecule has 2 atom stereocenters. The summed E-state index contributed by atoms with van der Waals surface area (Å²) >= 11 is 0. The lowest BCUT2D eigenvalue weighted by Crippen LogP contribution is -2.51. The number of nitrogens with zero attached hydrogens (tertiary/aromatic N) is 2. The van der Waals surface area contributed by atoms with E-state index in [4.69, 9.17) is 17.2 Å². The molecule has 2 heterocycles. The highest BCUT2D eigenvalue weighted by atomic mass is 16.2. The molecule has 1 aromatic heterocycles. The van der Waals surface area contributed by atoms with Crippen LogP contribution in [0.25, 0.3) is 0 Å². The summed E-state index contributed by atoms with van der Waals surface area (Å²) < 4.78 is 0. The number of nitrogens with two attached hydrogens (primary N) is 3. The molecule has 28 heavy (non-hydrogen) atoms. The molecule has 0 aliphatic carbocycles. The third kappa shape index (κ3) is 4.77. The zero-order chi connectivity index (χ0) is 20.1. The fourth-order valence-electron chi connectivity index (χ4n) is 3.52. The van der Waals surface area contributed by atoms with Crippen molar-refractivity contribution >= 4 is 23.5 Å². The average molecular weight is 382 g/mol. The van der Waals surface area contributed by atoms with Gasteiger partial charge in [0.25, 0.3) is 0 Å². The molecule has 1 aliphatic rings. The molecule has 1 aromatic carbocycles. The number of likely N-dealkylation sites (tertiary alicyclic amines) is 1. The Hall–Kier alpha value is -3.13. The predicted octanol–water partition coefficient (Wildman–Crippen LogP) is 0.423. The van der Waals surface area contributed by atoms with Gasteiger partial charge in [-0.3, -0.25) is 9.59 Å². The van der Waals surface area contributed by atoms with Gasteiger partial charge in [-0.2, -0.15) is 0 Å². The Bertz CT molecular complexity index is 822. The maximum Gasteiger partial charge on any atom is 0.243 e. The lowest BCUT2D eigenvalue weighted by molar-refractivity contribution is -0.139. The van der Waals surface area contributed by atoms with Crippen molar-refractivity contribution in [1.82, 2.24) is 15.2 Å². The van der Waals surface area contributed by atoms with Crippen molar-refractivity contribution in [3.05, 3.63) is 53.6 Å². The van der Waals surface area contributed by atoms with Crippen molar-refractivity contribution < 1.29 is 9.59 Å². The van der Waals surface area contributed by atoms with Crippen LogP contribution >= 0.6 is 0 Å². The molecule has 8 nitrogen and oxygen atoms in total. The van der Waals surface area contributed by atoms with Crippen LogP contribution in [0.2, 0.25) is 0 Å². The Labute approximate surface area is 164 Å². The normalized spacial score (nSPS) is 17.3. The highest BCUT2D eigenvalue weighted by molar-refractivity contribution is 5.90. The number of carbonyl (C=O) groups is 2. The van der Waals surface area contributed by atoms with E-state index in [-0.39, 0.29) is 18.4 Å². The van der Waals surface area contributed by atoms with Gasteiger partial charge in [0, 0.05) is 13.1 Å². The zero-order valence-corrected chi connectivity index (χ0v) is 15.7. The van der Waals surface area contributed by atoms with Gasteiger partial charge in [0.2, 0.25) is 11.8 Å². The molecule has 0 saturated carbocycles. The van der Waals surface area contributed by atoms with Crippen LogP contribution in [0.5, 0.6) is 0 Å². The van der Waals surface area contributed by atoms with E-state index in [0.717, 1.165) is 17.5 Å². The molecule has 7 N–H and O–H groups in total. The molecule has 148 valence electrons. The molecular formula is C20H26N6O2. The van der Waals surface area contributed by atoms with Gasteiger partial charge in [0.15, 0.2) is 0 Å². The molecule has 0 spiro atoms. The average Bonchev–Trinajstić information content (AvgIpc) is 3.15.